The smallest absolute Gasteiger partial charge is 0.400 e. The Bertz CT molecular complexity index is 1100. The predicted molar refractivity (Wildman–Crippen MR) is 139 cm³/mol. The van der Waals surface area contributed by atoms with Gasteiger partial charge in [-0.1, -0.05) is 19.8 Å². The number of ether oxygens (including phenoxy) is 1. The van der Waals surface area contributed by atoms with Gasteiger partial charge in [0.2, 0.25) is 0 Å². The van der Waals surface area contributed by atoms with Crippen LogP contribution in [0.5, 0.6) is 5.75 Å². The molecule has 3 aliphatic rings. The van der Waals surface area contributed by atoms with Crippen molar-refractivity contribution in [3.63, 3.8) is 0 Å². The van der Waals surface area contributed by atoms with Crippen molar-refractivity contribution in [2.75, 3.05) is 0 Å². The minimum absolute atomic E-state index is 0.233. The molecule has 7 heteroatoms. The van der Waals surface area contributed by atoms with Crippen LogP contribution in [0.4, 0.5) is 26.3 Å². The molecule has 0 saturated heterocycles. The summed E-state index contributed by atoms with van der Waals surface area (Å²) in [6.07, 6.45) is 9.24. The predicted octanol–water partition coefficient (Wildman–Crippen LogP) is 10.3. The fourth-order valence-corrected chi connectivity index (χ4v) is 7.52. The highest BCUT2D eigenvalue weighted by atomic mass is 19.3. The summed E-state index contributed by atoms with van der Waals surface area (Å²) in [4.78, 5) is 0. The lowest BCUT2D eigenvalue weighted by Crippen LogP contribution is -2.38. The number of hydrogen-bond acceptors (Lipinski definition) is 1. The summed E-state index contributed by atoms with van der Waals surface area (Å²) in [5.41, 5.74) is -0.473. The Hall–Kier alpha value is -2.18. The number of halogens is 6. The minimum atomic E-state index is -3.46. The molecule has 0 spiro atoms. The summed E-state index contributed by atoms with van der Waals surface area (Å²) in [5.74, 6) is -3.17. The van der Waals surface area contributed by atoms with Crippen molar-refractivity contribution in [3.8, 4) is 16.9 Å². The van der Waals surface area contributed by atoms with Crippen LogP contribution < -0.4 is 4.74 Å². The van der Waals surface area contributed by atoms with Crippen molar-refractivity contribution in [1.29, 1.82) is 0 Å². The third-order valence-electron chi connectivity index (χ3n) is 9.95. The lowest BCUT2D eigenvalue weighted by atomic mass is 9.65. The van der Waals surface area contributed by atoms with Gasteiger partial charge in [-0.05, 0) is 124 Å². The SMILES string of the molecule is CC1CCC(C2CCC(C3CCC(C(F)(F)Oc4ccc(-c5cc(F)c(F)c(F)c5)c(F)c4)CC3)CC2)CC1. The van der Waals surface area contributed by atoms with Crippen LogP contribution in [0.3, 0.4) is 0 Å². The third kappa shape index (κ3) is 6.43. The highest BCUT2D eigenvalue weighted by Gasteiger charge is 2.45. The van der Waals surface area contributed by atoms with E-state index in [0.29, 0.717) is 36.8 Å². The second kappa shape index (κ2) is 11.7. The monoisotopic (exact) mass is 552 g/mol. The van der Waals surface area contributed by atoms with Crippen LogP contribution in [0.25, 0.3) is 11.1 Å². The Morgan fingerprint density at radius 3 is 1.56 bits per heavy atom. The molecule has 0 atom stereocenters. The molecule has 3 saturated carbocycles. The third-order valence-corrected chi connectivity index (χ3v) is 9.95. The minimum Gasteiger partial charge on any atom is -0.432 e. The maximum absolute atomic E-state index is 15.1. The Morgan fingerprint density at radius 1 is 0.615 bits per heavy atom. The van der Waals surface area contributed by atoms with E-state index in [2.05, 4.69) is 6.92 Å². The lowest BCUT2D eigenvalue weighted by molar-refractivity contribution is -0.224. The first-order chi connectivity index (χ1) is 18.6. The van der Waals surface area contributed by atoms with Crippen molar-refractivity contribution in [2.45, 2.75) is 90.1 Å². The zero-order chi connectivity index (χ0) is 27.7. The molecule has 0 aromatic heterocycles. The van der Waals surface area contributed by atoms with Crippen LogP contribution in [-0.4, -0.2) is 6.11 Å². The van der Waals surface area contributed by atoms with E-state index in [0.717, 1.165) is 48.8 Å². The van der Waals surface area contributed by atoms with Crippen LogP contribution in [0.1, 0.15) is 84.0 Å². The van der Waals surface area contributed by atoms with Gasteiger partial charge in [0.05, 0.1) is 5.92 Å². The van der Waals surface area contributed by atoms with Gasteiger partial charge in [-0.25, -0.2) is 17.6 Å². The van der Waals surface area contributed by atoms with E-state index in [4.69, 9.17) is 4.74 Å². The second-order valence-electron chi connectivity index (χ2n) is 12.4. The summed E-state index contributed by atoms with van der Waals surface area (Å²) in [6.45, 7) is 2.36. The molecular formula is C32H38F6O. The van der Waals surface area contributed by atoms with Gasteiger partial charge in [0.1, 0.15) is 11.6 Å². The van der Waals surface area contributed by atoms with E-state index < -0.39 is 35.3 Å². The maximum atomic E-state index is 15.1. The molecule has 0 N–H and O–H groups in total. The highest BCUT2D eigenvalue weighted by molar-refractivity contribution is 5.65. The molecule has 2 aromatic rings. The molecule has 3 fully saturated rings. The van der Waals surface area contributed by atoms with Crippen molar-refractivity contribution >= 4 is 0 Å². The Kier molecular flexibility index (Phi) is 8.54. The fraction of sp³-hybridized carbons (Fsp3) is 0.625. The summed E-state index contributed by atoms with van der Waals surface area (Å²) < 4.78 is 90.1. The maximum Gasteiger partial charge on any atom is 0.400 e. The molecule has 0 unspecified atom stereocenters. The molecule has 39 heavy (non-hydrogen) atoms. The number of alkyl halides is 2. The van der Waals surface area contributed by atoms with Crippen molar-refractivity contribution < 1.29 is 31.1 Å². The number of benzene rings is 2. The molecule has 0 aliphatic heterocycles. The largest absolute Gasteiger partial charge is 0.432 e. The lowest BCUT2D eigenvalue weighted by Gasteiger charge is -2.41. The molecule has 214 valence electrons. The zero-order valence-corrected chi connectivity index (χ0v) is 22.5. The van der Waals surface area contributed by atoms with Crippen LogP contribution in [0.2, 0.25) is 0 Å². The Balaban J connectivity index is 1.13. The average Bonchev–Trinajstić information content (AvgIpc) is 2.92. The molecule has 5 rings (SSSR count). The normalized spacial score (nSPS) is 30.2. The highest BCUT2D eigenvalue weighted by Crippen LogP contribution is 2.48. The molecule has 0 heterocycles. The van der Waals surface area contributed by atoms with Crippen molar-refractivity contribution in [1.82, 2.24) is 0 Å². The van der Waals surface area contributed by atoms with E-state index >= 15 is 8.78 Å². The molecule has 2 aromatic carbocycles. The summed E-state index contributed by atoms with van der Waals surface area (Å²) in [5, 5.41) is 0. The number of hydrogen-bond donors (Lipinski definition) is 0. The van der Waals surface area contributed by atoms with Crippen molar-refractivity contribution in [2.24, 2.45) is 35.5 Å². The first kappa shape index (κ1) is 28.4. The van der Waals surface area contributed by atoms with Gasteiger partial charge in [0.15, 0.2) is 17.5 Å². The molecule has 0 amide bonds. The van der Waals surface area contributed by atoms with Crippen molar-refractivity contribution in [3.05, 3.63) is 53.6 Å². The summed E-state index contributed by atoms with van der Waals surface area (Å²) in [6, 6.07) is 4.34. The second-order valence-corrected chi connectivity index (χ2v) is 12.4. The van der Waals surface area contributed by atoms with E-state index in [-0.39, 0.29) is 16.9 Å². The summed E-state index contributed by atoms with van der Waals surface area (Å²) in [7, 11) is 0. The van der Waals surface area contributed by atoms with E-state index in [1.165, 1.54) is 51.4 Å². The van der Waals surface area contributed by atoms with Gasteiger partial charge in [-0.15, -0.1) is 0 Å². The summed E-state index contributed by atoms with van der Waals surface area (Å²) >= 11 is 0. The van der Waals surface area contributed by atoms with E-state index in [1.54, 1.807) is 0 Å². The molecular weight excluding hydrogens is 514 g/mol. The van der Waals surface area contributed by atoms with Crippen LogP contribution in [0, 0.1) is 58.8 Å². The first-order valence-electron chi connectivity index (χ1n) is 14.6. The molecule has 0 radical (unpaired) electrons. The fourth-order valence-electron chi connectivity index (χ4n) is 7.52. The average molecular weight is 553 g/mol. The van der Waals surface area contributed by atoms with Gasteiger partial charge in [0, 0.05) is 11.6 Å². The van der Waals surface area contributed by atoms with E-state index in [1.807, 2.05) is 0 Å². The van der Waals surface area contributed by atoms with Crippen LogP contribution in [0.15, 0.2) is 30.3 Å². The molecule has 3 aliphatic carbocycles. The number of rotatable bonds is 6. The molecule has 1 nitrogen and oxygen atoms in total. The van der Waals surface area contributed by atoms with Crippen LogP contribution >= 0.6 is 0 Å². The Morgan fingerprint density at radius 2 is 1.08 bits per heavy atom. The van der Waals surface area contributed by atoms with Gasteiger partial charge >= 0.3 is 6.11 Å². The van der Waals surface area contributed by atoms with Gasteiger partial charge in [0.25, 0.3) is 0 Å². The topological polar surface area (TPSA) is 9.23 Å². The zero-order valence-electron chi connectivity index (χ0n) is 22.5. The Labute approximate surface area is 227 Å². The first-order valence-corrected chi connectivity index (χ1v) is 14.6. The van der Waals surface area contributed by atoms with Gasteiger partial charge < -0.3 is 4.74 Å². The van der Waals surface area contributed by atoms with Gasteiger partial charge in [-0.3, -0.25) is 0 Å². The quantitative estimate of drug-likeness (QED) is 0.256. The standard InChI is InChI=1S/C32H38F6O/c1-19-2-4-20(5-3-19)21-6-8-22(9-7-21)23-10-12-25(13-11-23)32(37,38)39-26-14-15-27(28(33)18-26)24-16-29(34)31(36)30(35)17-24/h14-23,25H,2-13H2,1H3. The van der Waals surface area contributed by atoms with Gasteiger partial charge in [-0.2, -0.15) is 8.78 Å². The van der Waals surface area contributed by atoms with Crippen LogP contribution in [-0.2, 0) is 0 Å². The molecule has 0 bridgehead atoms. The van der Waals surface area contributed by atoms with E-state index in [9.17, 15) is 17.6 Å².